The highest BCUT2D eigenvalue weighted by molar-refractivity contribution is 7.89. The molecule has 2 unspecified atom stereocenters. The molecule has 1 amide bonds. The van der Waals surface area contributed by atoms with Gasteiger partial charge in [-0.3, -0.25) is 4.79 Å². The zero-order valence-electron chi connectivity index (χ0n) is 14.7. The number of amides is 1. The lowest BCUT2D eigenvalue weighted by Gasteiger charge is -2.19. The van der Waals surface area contributed by atoms with E-state index in [1.807, 2.05) is 6.92 Å². The van der Waals surface area contributed by atoms with Gasteiger partial charge >= 0.3 is 0 Å². The summed E-state index contributed by atoms with van der Waals surface area (Å²) < 4.78 is 25.6. The molecule has 0 spiro atoms. The van der Waals surface area contributed by atoms with Crippen LogP contribution in [0.4, 0.5) is 11.4 Å². The molecule has 9 heteroatoms. The first kappa shape index (κ1) is 22.6. The molecule has 1 rings (SSSR count). The van der Waals surface area contributed by atoms with Crippen molar-refractivity contribution in [1.29, 1.82) is 0 Å². The summed E-state index contributed by atoms with van der Waals surface area (Å²) in [5.74, 6) is -0.642. The van der Waals surface area contributed by atoms with E-state index in [9.17, 15) is 13.2 Å². The van der Waals surface area contributed by atoms with Crippen molar-refractivity contribution in [2.75, 3.05) is 31.3 Å². The van der Waals surface area contributed by atoms with Crippen LogP contribution in [0, 0.1) is 5.92 Å². The molecular formula is C15H27ClN4O3S. The van der Waals surface area contributed by atoms with Crippen LogP contribution in [0.1, 0.15) is 20.8 Å². The van der Waals surface area contributed by atoms with Crippen LogP contribution in [0.5, 0.6) is 0 Å². The maximum atomic E-state index is 12.3. The summed E-state index contributed by atoms with van der Waals surface area (Å²) in [7, 11) is -0.649. The van der Waals surface area contributed by atoms with Gasteiger partial charge in [-0.15, -0.1) is 12.4 Å². The van der Waals surface area contributed by atoms with Crippen molar-refractivity contribution in [2.24, 2.45) is 11.7 Å². The van der Waals surface area contributed by atoms with Gasteiger partial charge in [0.25, 0.3) is 0 Å². The third-order valence-corrected chi connectivity index (χ3v) is 5.41. The Morgan fingerprint density at radius 3 is 2.29 bits per heavy atom. The van der Waals surface area contributed by atoms with E-state index in [1.54, 1.807) is 19.9 Å². The summed E-state index contributed by atoms with van der Waals surface area (Å²) in [6.45, 7) is 6.04. The number of nitrogens with one attached hydrogen (secondary N) is 2. The van der Waals surface area contributed by atoms with Crippen LogP contribution in [-0.2, 0) is 14.8 Å². The Bertz CT molecular complexity index is 663. The van der Waals surface area contributed by atoms with E-state index in [-0.39, 0.29) is 29.3 Å². The van der Waals surface area contributed by atoms with Crippen molar-refractivity contribution in [1.82, 2.24) is 4.31 Å². The van der Waals surface area contributed by atoms with Gasteiger partial charge in [0.15, 0.2) is 0 Å². The molecule has 7 nitrogen and oxygen atoms in total. The van der Waals surface area contributed by atoms with Gasteiger partial charge in [-0.25, -0.2) is 12.7 Å². The first-order valence-electron chi connectivity index (χ1n) is 7.48. The summed E-state index contributed by atoms with van der Waals surface area (Å²) in [4.78, 5) is 12.3. The molecular weight excluding hydrogens is 352 g/mol. The predicted octanol–water partition coefficient (Wildman–Crippen LogP) is 1.71. The van der Waals surface area contributed by atoms with Crippen LogP contribution < -0.4 is 16.4 Å². The maximum absolute atomic E-state index is 12.3. The fourth-order valence-corrected chi connectivity index (χ4v) is 2.76. The molecule has 0 radical (unpaired) electrons. The minimum atomic E-state index is -3.57. The van der Waals surface area contributed by atoms with E-state index in [2.05, 4.69) is 10.6 Å². The summed E-state index contributed by atoms with van der Waals surface area (Å²) in [6.07, 6.45) is 0. The average Bonchev–Trinajstić information content (AvgIpc) is 2.47. The SMILES string of the molecule is CCNc1ccc(S(=O)(=O)N(C)C)cc1NC(=O)C(C)C(C)N.Cl. The smallest absolute Gasteiger partial charge is 0.242 e. The predicted molar refractivity (Wildman–Crippen MR) is 100 cm³/mol. The normalized spacial score (nSPS) is 13.8. The van der Waals surface area contributed by atoms with Gasteiger partial charge < -0.3 is 16.4 Å². The second-order valence-electron chi connectivity index (χ2n) is 5.66. The van der Waals surface area contributed by atoms with Gasteiger partial charge in [0, 0.05) is 26.7 Å². The van der Waals surface area contributed by atoms with E-state index in [0.717, 1.165) is 4.31 Å². The Kier molecular flexibility index (Phi) is 8.70. The van der Waals surface area contributed by atoms with Crippen LogP contribution in [0.2, 0.25) is 0 Å². The highest BCUT2D eigenvalue weighted by Crippen LogP contribution is 2.27. The molecule has 0 bridgehead atoms. The minimum Gasteiger partial charge on any atom is -0.384 e. The number of hydrogen-bond donors (Lipinski definition) is 3. The summed E-state index contributed by atoms with van der Waals surface area (Å²) in [5.41, 5.74) is 6.83. The number of halogens is 1. The highest BCUT2D eigenvalue weighted by Gasteiger charge is 2.21. The number of carbonyl (C=O) groups is 1. The number of nitrogens with two attached hydrogens (primary N) is 1. The third-order valence-electron chi connectivity index (χ3n) is 3.60. The number of anilines is 2. The molecule has 0 saturated heterocycles. The molecule has 138 valence electrons. The van der Waals surface area contributed by atoms with Crippen LogP contribution in [0.3, 0.4) is 0 Å². The number of benzene rings is 1. The van der Waals surface area contributed by atoms with E-state index in [1.165, 1.54) is 26.2 Å². The van der Waals surface area contributed by atoms with Crippen molar-refractivity contribution >= 4 is 39.7 Å². The van der Waals surface area contributed by atoms with Crippen molar-refractivity contribution in [3.63, 3.8) is 0 Å². The molecule has 4 N–H and O–H groups in total. The molecule has 2 atom stereocenters. The van der Waals surface area contributed by atoms with Crippen molar-refractivity contribution in [3.8, 4) is 0 Å². The Balaban J connectivity index is 0.00000529. The topological polar surface area (TPSA) is 105 Å². The highest BCUT2D eigenvalue weighted by atomic mass is 35.5. The van der Waals surface area contributed by atoms with Crippen molar-refractivity contribution < 1.29 is 13.2 Å². The van der Waals surface area contributed by atoms with Gasteiger partial charge in [-0.05, 0) is 32.0 Å². The zero-order valence-corrected chi connectivity index (χ0v) is 16.3. The quantitative estimate of drug-likeness (QED) is 0.670. The second-order valence-corrected chi connectivity index (χ2v) is 7.81. The number of hydrogen-bond acceptors (Lipinski definition) is 5. The minimum absolute atomic E-state index is 0. The van der Waals surface area contributed by atoms with Gasteiger partial charge in [0.1, 0.15) is 0 Å². The van der Waals surface area contributed by atoms with Gasteiger partial charge in [0.05, 0.1) is 22.2 Å². The first-order chi connectivity index (χ1) is 10.6. The molecule has 24 heavy (non-hydrogen) atoms. The molecule has 0 aromatic heterocycles. The number of rotatable bonds is 7. The lowest BCUT2D eigenvalue weighted by molar-refractivity contribution is -0.119. The van der Waals surface area contributed by atoms with Crippen molar-refractivity contribution in [2.45, 2.75) is 31.7 Å². The first-order valence-corrected chi connectivity index (χ1v) is 8.92. The Morgan fingerprint density at radius 1 is 1.25 bits per heavy atom. The summed E-state index contributed by atoms with van der Waals surface area (Å²) >= 11 is 0. The largest absolute Gasteiger partial charge is 0.384 e. The fraction of sp³-hybridized carbons (Fsp3) is 0.533. The van der Waals surface area contributed by atoms with E-state index in [4.69, 9.17) is 5.73 Å². The van der Waals surface area contributed by atoms with Crippen LogP contribution in [0.15, 0.2) is 23.1 Å². The molecule has 0 heterocycles. The molecule has 0 aliphatic heterocycles. The molecule has 0 aliphatic carbocycles. The summed E-state index contributed by atoms with van der Waals surface area (Å²) in [5, 5.41) is 5.87. The van der Waals surface area contributed by atoms with Crippen LogP contribution in [0.25, 0.3) is 0 Å². The maximum Gasteiger partial charge on any atom is 0.242 e. The third kappa shape index (κ3) is 5.34. The Hall–Kier alpha value is -1.35. The van der Waals surface area contributed by atoms with E-state index >= 15 is 0 Å². The van der Waals surface area contributed by atoms with Crippen LogP contribution >= 0.6 is 12.4 Å². The zero-order chi connectivity index (χ0) is 17.8. The van der Waals surface area contributed by atoms with Crippen LogP contribution in [-0.4, -0.2) is 45.3 Å². The fourth-order valence-electron chi connectivity index (χ4n) is 1.83. The monoisotopic (exact) mass is 378 g/mol. The lowest BCUT2D eigenvalue weighted by atomic mass is 10.0. The number of carbonyl (C=O) groups excluding carboxylic acids is 1. The average molecular weight is 379 g/mol. The Morgan fingerprint density at radius 2 is 1.83 bits per heavy atom. The molecule has 0 fully saturated rings. The van der Waals surface area contributed by atoms with E-state index < -0.39 is 15.9 Å². The van der Waals surface area contributed by atoms with Gasteiger partial charge in [0.2, 0.25) is 15.9 Å². The molecule has 1 aromatic carbocycles. The summed E-state index contributed by atoms with van der Waals surface area (Å²) in [6, 6.07) is 4.31. The number of sulfonamides is 1. The van der Waals surface area contributed by atoms with Crippen molar-refractivity contribution in [3.05, 3.63) is 18.2 Å². The second kappa shape index (κ2) is 9.22. The lowest BCUT2D eigenvalue weighted by Crippen LogP contribution is -2.34. The van der Waals surface area contributed by atoms with Gasteiger partial charge in [-0.1, -0.05) is 6.92 Å². The molecule has 0 saturated carbocycles. The number of nitrogens with zero attached hydrogens (tertiary/aromatic N) is 1. The standard InChI is InChI=1S/C15H26N4O3S.ClH/c1-6-17-13-8-7-12(23(21,22)19(4)5)9-14(13)18-15(20)10(2)11(3)16;/h7-11,17H,6,16H2,1-5H3,(H,18,20);1H. The molecule has 1 aromatic rings. The molecule has 0 aliphatic rings. The van der Waals surface area contributed by atoms with E-state index in [0.29, 0.717) is 17.9 Å². The Labute approximate surface area is 150 Å². The van der Waals surface area contributed by atoms with Gasteiger partial charge in [-0.2, -0.15) is 0 Å².